The van der Waals surface area contributed by atoms with Crippen LogP contribution in [0.4, 0.5) is 11.9 Å². The second-order valence-electron chi connectivity index (χ2n) is 4.86. The smallest absolute Gasteiger partial charge is 0.231 e. The summed E-state index contributed by atoms with van der Waals surface area (Å²) >= 11 is 1.42. The third kappa shape index (κ3) is 3.63. The van der Waals surface area contributed by atoms with Crippen molar-refractivity contribution in [3.05, 3.63) is 12.4 Å². The van der Waals surface area contributed by atoms with Crippen LogP contribution in [0.5, 0.6) is 0 Å². The van der Waals surface area contributed by atoms with E-state index in [0.717, 1.165) is 37.2 Å². The Hall–Kier alpha value is -1.83. The molecule has 0 aliphatic carbocycles. The van der Waals surface area contributed by atoms with Crippen LogP contribution in [0.3, 0.4) is 0 Å². The predicted octanol–water partition coefficient (Wildman–Crippen LogP) is 2.17. The van der Waals surface area contributed by atoms with Gasteiger partial charge >= 0.3 is 0 Å². The Kier molecular flexibility index (Phi) is 4.54. The Morgan fingerprint density at radius 2 is 2.14 bits per heavy atom. The summed E-state index contributed by atoms with van der Waals surface area (Å²) in [5, 5.41) is 4.70. The molecule has 0 aromatic carbocycles. The van der Waals surface area contributed by atoms with E-state index in [9.17, 15) is 0 Å². The number of imidazole rings is 1. The van der Waals surface area contributed by atoms with Gasteiger partial charge in [-0.05, 0) is 31.0 Å². The Bertz CT molecular complexity index is 566. The minimum atomic E-state index is 0.641. The molecular formula is C13H19N7S. The maximum Gasteiger partial charge on any atom is 0.231 e. The van der Waals surface area contributed by atoms with E-state index in [-0.39, 0.29) is 0 Å². The van der Waals surface area contributed by atoms with Gasteiger partial charge in [-0.1, -0.05) is 6.92 Å². The molecule has 112 valence electrons. The summed E-state index contributed by atoms with van der Waals surface area (Å²) in [6.45, 7) is 5.01. The molecule has 7 nitrogen and oxygen atoms in total. The summed E-state index contributed by atoms with van der Waals surface area (Å²) in [4.78, 5) is 23.0. The summed E-state index contributed by atoms with van der Waals surface area (Å²) in [5.41, 5.74) is 0. The first kappa shape index (κ1) is 14.1. The molecule has 1 aliphatic heterocycles. The van der Waals surface area contributed by atoms with Crippen LogP contribution in [-0.4, -0.2) is 44.6 Å². The number of nitrogens with zero attached hydrogens (tertiary/aromatic N) is 5. The first-order valence-electron chi connectivity index (χ1n) is 7.27. The SMILES string of the molecule is CCCNc1nc(Sc2ncc[nH]2)nc(N2CCCC2)n1. The summed E-state index contributed by atoms with van der Waals surface area (Å²) < 4.78 is 0. The largest absolute Gasteiger partial charge is 0.354 e. The lowest BCUT2D eigenvalue weighted by atomic mass is 10.4. The number of H-pyrrole nitrogens is 1. The molecular weight excluding hydrogens is 286 g/mol. The van der Waals surface area contributed by atoms with Gasteiger partial charge in [-0.15, -0.1) is 0 Å². The molecule has 1 aliphatic rings. The average Bonchev–Trinajstić information content (AvgIpc) is 3.18. The topological polar surface area (TPSA) is 82.6 Å². The van der Waals surface area contributed by atoms with Crippen molar-refractivity contribution in [1.29, 1.82) is 0 Å². The first-order valence-corrected chi connectivity index (χ1v) is 8.09. The highest BCUT2D eigenvalue weighted by Crippen LogP contribution is 2.25. The summed E-state index contributed by atoms with van der Waals surface area (Å²) in [6.07, 6.45) is 6.95. The summed E-state index contributed by atoms with van der Waals surface area (Å²) in [5.74, 6) is 1.40. The molecule has 2 aromatic rings. The van der Waals surface area contributed by atoms with E-state index >= 15 is 0 Å². The molecule has 2 aromatic heterocycles. The molecule has 0 amide bonds. The molecule has 0 bridgehead atoms. The summed E-state index contributed by atoms with van der Waals surface area (Å²) in [7, 11) is 0. The third-order valence-electron chi connectivity index (χ3n) is 3.19. The molecule has 2 N–H and O–H groups in total. The average molecular weight is 305 g/mol. The standard InChI is InChI=1S/C13H19N7S/c1-2-5-14-10-17-11(20-8-3-4-9-20)19-13(18-10)21-12-15-6-7-16-12/h6-7H,2-5,8-9H2,1H3,(H,15,16)(H,14,17,18,19). The molecule has 3 rings (SSSR count). The zero-order valence-electron chi connectivity index (χ0n) is 12.0. The van der Waals surface area contributed by atoms with Crippen molar-refractivity contribution in [3.63, 3.8) is 0 Å². The Morgan fingerprint density at radius 1 is 1.29 bits per heavy atom. The molecule has 0 saturated carbocycles. The van der Waals surface area contributed by atoms with Crippen LogP contribution in [0.1, 0.15) is 26.2 Å². The lowest BCUT2D eigenvalue weighted by Gasteiger charge is -2.16. The van der Waals surface area contributed by atoms with E-state index in [2.05, 4.69) is 42.1 Å². The van der Waals surface area contributed by atoms with Crippen LogP contribution in [-0.2, 0) is 0 Å². The van der Waals surface area contributed by atoms with Crippen molar-refractivity contribution in [3.8, 4) is 0 Å². The number of rotatable bonds is 6. The minimum Gasteiger partial charge on any atom is -0.354 e. The van der Waals surface area contributed by atoms with Gasteiger partial charge in [-0.25, -0.2) is 4.98 Å². The predicted molar refractivity (Wildman–Crippen MR) is 82.8 cm³/mol. The van der Waals surface area contributed by atoms with E-state index in [1.165, 1.54) is 24.6 Å². The fraction of sp³-hybridized carbons (Fsp3) is 0.538. The van der Waals surface area contributed by atoms with Crippen molar-refractivity contribution in [2.75, 3.05) is 29.9 Å². The Balaban J connectivity index is 1.84. The zero-order chi connectivity index (χ0) is 14.5. The number of aromatic amines is 1. The maximum absolute atomic E-state index is 4.57. The van der Waals surface area contributed by atoms with Gasteiger partial charge in [-0.2, -0.15) is 15.0 Å². The normalized spacial score (nSPS) is 14.6. The van der Waals surface area contributed by atoms with Gasteiger partial charge in [0.2, 0.25) is 17.1 Å². The van der Waals surface area contributed by atoms with Gasteiger partial charge in [0.15, 0.2) is 5.16 Å². The van der Waals surface area contributed by atoms with Crippen LogP contribution in [0.15, 0.2) is 22.7 Å². The molecule has 0 radical (unpaired) electrons. The van der Waals surface area contributed by atoms with E-state index < -0.39 is 0 Å². The second-order valence-corrected chi connectivity index (χ2v) is 5.81. The molecule has 21 heavy (non-hydrogen) atoms. The lowest BCUT2D eigenvalue weighted by molar-refractivity contribution is 0.818. The third-order valence-corrected chi connectivity index (χ3v) is 3.97. The van der Waals surface area contributed by atoms with Crippen LogP contribution in [0.25, 0.3) is 0 Å². The number of anilines is 2. The number of nitrogens with one attached hydrogen (secondary N) is 2. The Labute approximate surface area is 128 Å². The molecule has 1 fully saturated rings. The number of aromatic nitrogens is 5. The van der Waals surface area contributed by atoms with Crippen LogP contribution < -0.4 is 10.2 Å². The first-order chi connectivity index (χ1) is 10.3. The highest BCUT2D eigenvalue weighted by molar-refractivity contribution is 7.99. The van der Waals surface area contributed by atoms with Crippen LogP contribution >= 0.6 is 11.8 Å². The molecule has 0 spiro atoms. The van der Waals surface area contributed by atoms with E-state index in [1.807, 2.05) is 0 Å². The Morgan fingerprint density at radius 3 is 2.86 bits per heavy atom. The van der Waals surface area contributed by atoms with Crippen LogP contribution in [0, 0.1) is 0 Å². The zero-order valence-corrected chi connectivity index (χ0v) is 12.9. The second kappa shape index (κ2) is 6.75. The highest BCUT2D eigenvalue weighted by Gasteiger charge is 2.18. The van der Waals surface area contributed by atoms with Crippen molar-refractivity contribution in [2.45, 2.75) is 36.5 Å². The maximum atomic E-state index is 4.57. The number of hydrogen-bond donors (Lipinski definition) is 2. The molecule has 0 atom stereocenters. The van der Waals surface area contributed by atoms with Crippen molar-refractivity contribution >= 4 is 23.7 Å². The highest BCUT2D eigenvalue weighted by atomic mass is 32.2. The summed E-state index contributed by atoms with van der Waals surface area (Å²) in [6, 6.07) is 0. The van der Waals surface area contributed by atoms with Gasteiger partial charge in [0.05, 0.1) is 0 Å². The lowest BCUT2D eigenvalue weighted by Crippen LogP contribution is -2.22. The van der Waals surface area contributed by atoms with E-state index in [4.69, 9.17) is 0 Å². The molecule has 1 saturated heterocycles. The van der Waals surface area contributed by atoms with Gasteiger partial charge in [-0.3, -0.25) is 0 Å². The van der Waals surface area contributed by atoms with Gasteiger partial charge < -0.3 is 15.2 Å². The monoisotopic (exact) mass is 305 g/mol. The van der Waals surface area contributed by atoms with Gasteiger partial charge in [0, 0.05) is 32.0 Å². The minimum absolute atomic E-state index is 0.641. The van der Waals surface area contributed by atoms with Crippen molar-refractivity contribution < 1.29 is 0 Å². The van der Waals surface area contributed by atoms with E-state index in [1.54, 1.807) is 12.4 Å². The number of hydrogen-bond acceptors (Lipinski definition) is 7. The van der Waals surface area contributed by atoms with Crippen LogP contribution in [0.2, 0.25) is 0 Å². The molecule has 8 heteroatoms. The molecule has 3 heterocycles. The van der Waals surface area contributed by atoms with Gasteiger partial charge in [0.25, 0.3) is 0 Å². The quantitative estimate of drug-likeness (QED) is 0.846. The van der Waals surface area contributed by atoms with E-state index in [0.29, 0.717) is 11.1 Å². The fourth-order valence-corrected chi connectivity index (χ4v) is 2.83. The molecule has 0 unspecified atom stereocenters. The van der Waals surface area contributed by atoms with Crippen molar-refractivity contribution in [2.24, 2.45) is 0 Å². The fourth-order valence-electron chi connectivity index (χ4n) is 2.16. The van der Waals surface area contributed by atoms with Gasteiger partial charge in [0.1, 0.15) is 0 Å². The van der Waals surface area contributed by atoms with Crippen molar-refractivity contribution in [1.82, 2.24) is 24.9 Å².